The fourth-order valence-electron chi connectivity index (χ4n) is 1.55. The van der Waals surface area contributed by atoms with Gasteiger partial charge in [0.25, 0.3) is 0 Å². The Morgan fingerprint density at radius 3 is 2.35 bits per heavy atom. The normalized spacial score (nSPS) is 11.0. The number of hydrogen-bond acceptors (Lipinski definition) is 5. The van der Waals surface area contributed by atoms with Gasteiger partial charge in [0.2, 0.25) is 10.0 Å². The van der Waals surface area contributed by atoms with Crippen molar-refractivity contribution in [2.24, 2.45) is 5.73 Å². The van der Waals surface area contributed by atoms with Crippen LogP contribution in [0.25, 0.3) is 0 Å². The summed E-state index contributed by atoms with van der Waals surface area (Å²) in [6, 6.07) is 6.74. The van der Waals surface area contributed by atoms with E-state index in [0.717, 1.165) is 0 Å². The van der Waals surface area contributed by atoms with Crippen molar-refractivity contribution in [1.82, 2.24) is 9.97 Å². The maximum atomic E-state index is 12.0. The molecular formula is C12H12N4O2S2. The van der Waals surface area contributed by atoms with E-state index in [1.165, 1.54) is 18.7 Å². The number of nitrogens with two attached hydrogens (primary N) is 1. The van der Waals surface area contributed by atoms with E-state index in [1.54, 1.807) is 24.3 Å². The summed E-state index contributed by atoms with van der Waals surface area (Å²) >= 11 is 4.84. The van der Waals surface area contributed by atoms with Crippen molar-refractivity contribution in [3.05, 3.63) is 54.1 Å². The summed E-state index contributed by atoms with van der Waals surface area (Å²) in [5, 5.41) is 0. The Bertz CT molecular complexity index is 700. The molecule has 0 aliphatic rings. The number of rotatable bonds is 5. The van der Waals surface area contributed by atoms with Crippen LogP contribution in [0.15, 0.2) is 43.0 Å². The molecule has 2 aromatic rings. The van der Waals surface area contributed by atoms with Crippen LogP contribution < -0.4 is 10.5 Å². The molecule has 20 heavy (non-hydrogen) atoms. The van der Waals surface area contributed by atoms with E-state index >= 15 is 0 Å². The molecule has 0 amide bonds. The van der Waals surface area contributed by atoms with Crippen LogP contribution in [-0.4, -0.2) is 23.4 Å². The Kier molecular flexibility index (Phi) is 4.26. The van der Waals surface area contributed by atoms with Crippen molar-refractivity contribution in [1.29, 1.82) is 0 Å². The lowest BCUT2D eigenvalue weighted by atomic mass is 10.1. The molecule has 6 nitrogen and oxygen atoms in total. The molecule has 0 aliphatic carbocycles. The summed E-state index contributed by atoms with van der Waals surface area (Å²) < 4.78 is 26.3. The third-order valence-electron chi connectivity index (χ3n) is 2.43. The van der Waals surface area contributed by atoms with Crippen LogP contribution in [0.4, 0.5) is 5.69 Å². The molecule has 104 valence electrons. The highest BCUT2D eigenvalue weighted by molar-refractivity contribution is 7.91. The Labute approximate surface area is 122 Å². The zero-order valence-corrected chi connectivity index (χ0v) is 12.0. The maximum absolute atomic E-state index is 12.0. The van der Waals surface area contributed by atoms with Crippen LogP contribution >= 0.6 is 12.2 Å². The number of anilines is 1. The van der Waals surface area contributed by atoms with Gasteiger partial charge in [-0.05, 0) is 5.56 Å². The molecule has 1 heterocycles. The average Bonchev–Trinajstić information content (AvgIpc) is 2.39. The van der Waals surface area contributed by atoms with E-state index in [9.17, 15) is 8.42 Å². The van der Waals surface area contributed by atoms with Gasteiger partial charge in [-0.25, -0.2) is 18.4 Å². The molecule has 0 atom stereocenters. The number of nitrogens with one attached hydrogen (secondary N) is 1. The molecule has 0 spiro atoms. The predicted molar refractivity (Wildman–Crippen MR) is 80.6 cm³/mol. The number of hydrogen-bond donors (Lipinski definition) is 2. The van der Waals surface area contributed by atoms with E-state index in [4.69, 9.17) is 18.0 Å². The third-order valence-corrected chi connectivity index (χ3v) is 3.92. The van der Waals surface area contributed by atoms with Crippen LogP contribution in [0.5, 0.6) is 0 Å². The minimum absolute atomic E-state index is 0.153. The van der Waals surface area contributed by atoms with E-state index < -0.39 is 10.0 Å². The van der Waals surface area contributed by atoms with E-state index in [0.29, 0.717) is 16.8 Å². The van der Waals surface area contributed by atoms with Gasteiger partial charge >= 0.3 is 0 Å². The van der Waals surface area contributed by atoms with Gasteiger partial charge in [-0.2, -0.15) is 0 Å². The fraction of sp³-hybridized carbons (Fsp3) is 0.0833. The Morgan fingerprint density at radius 2 is 1.80 bits per heavy atom. The van der Waals surface area contributed by atoms with E-state index in [1.807, 2.05) is 0 Å². The molecule has 0 saturated heterocycles. The highest BCUT2D eigenvalue weighted by Gasteiger charge is 2.12. The second-order valence-corrected chi connectivity index (χ2v) is 6.21. The largest absolute Gasteiger partial charge is 0.389 e. The smallest absolute Gasteiger partial charge is 0.237 e. The number of nitrogens with zero attached hydrogens (tertiary/aromatic N) is 2. The first kappa shape index (κ1) is 14.4. The quantitative estimate of drug-likeness (QED) is 0.801. The summed E-state index contributed by atoms with van der Waals surface area (Å²) in [7, 11) is -3.51. The van der Waals surface area contributed by atoms with E-state index in [-0.39, 0.29) is 10.7 Å². The monoisotopic (exact) mass is 308 g/mol. The Hall–Kier alpha value is -2.06. The molecule has 0 unspecified atom stereocenters. The minimum atomic E-state index is -3.51. The summed E-state index contributed by atoms with van der Waals surface area (Å²) in [5.74, 6) is -0.153. The second kappa shape index (κ2) is 5.93. The molecule has 2 rings (SSSR count). The minimum Gasteiger partial charge on any atom is -0.389 e. The van der Waals surface area contributed by atoms with Gasteiger partial charge in [0.1, 0.15) is 11.3 Å². The highest BCUT2D eigenvalue weighted by atomic mass is 32.2. The summed E-state index contributed by atoms with van der Waals surface area (Å²) in [6.45, 7) is 0. The van der Waals surface area contributed by atoms with Crippen molar-refractivity contribution in [3.63, 3.8) is 0 Å². The molecule has 0 saturated carbocycles. The lowest BCUT2D eigenvalue weighted by molar-refractivity contribution is 0.600. The summed E-state index contributed by atoms with van der Waals surface area (Å²) in [6.07, 6.45) is 4.10. The van der Waals surface area contributed by atoms with Crippen LogP contribution in [0.2, 0.25) is 0 Å². The molecule has 0 fully saturated rings. The highest BCUT2D eigenvalue weighted by Crippen LogP contribution is 2.11. The third kappa shape index (κ3) is 3.97. The van der Waals surface area contributed by atoms with Gasteiger partial charge < -0.3 is 5.73 Å². The van der Waals surface area contributed by atoms with Gasteiger partial charge in [0.15, 0.2) is 0 Å². The van der Waals surface area contributed by atoms with Gasteiger partial charge in [-0.15, -0.1) is 0 Å². The zero-order chi connectivity index (χ0) is 14.6. The van der Waals surface area contributed by atoms with Crippen LogP contribution in [-0.2, 0) is 15.8 Å². The second-order valence-electron chi connectivity index (χ2n) is 4.05. The molecule has 1 aromatic heterocycles. The van der Waals surface area contributed by atoms with Crippen molar-refractivity contribution >= 4 is 32.9 Å². The summed E-state index contributed by atoms with van der Waals surface area (Å²) in [4.78, 5) is 7.76. The van der Waals surface area contributed by atoms with Crippen molar-refractivity contribution < 1.29 is 8.42 Å². The van der Waals surface area contributed by atoms with Crippen LogP contribution in [0, 0.1) is 0 Å². The molecule has 8 heteroatoms. The lowest BCUT2D eigenvalue weighted by Gasteiger charge is -2.07. The maximum Gasteiger partial charge on any atom is 0.237 e. The molecular weight excluding hydrogens is 296 g/mol. The number of sulfonamides is 1. The average molecular weight is 308 g/mol. The molecule has 0 bridgehead atoms. The van der Waals surface area contributed by atoms with Crippen LogP contribution in [0.3, 0.4) is 0 Å². The standard InChI is InChI=1S/C12H12N4O2S2/c13-12(19)10-3-1-9(2-4-10)7-20(17,18)16-11-5-14-8-15-6-11/h1-6,8,16H,7H2,(H2,13,19). The fourth-order valence-corrected chi connectivity index (χ4v) is 2.86. The van der Waals surface area contributed by atoms with Gasteiger partial charge in [0.05, 0.1) is 23.8 Å². The SMILES string of the molecule is NC(=S)c1ccc(CS(=O)(=O)Nc2cncnc2)cc1. The first-order valence-electron chi connectivity index (χ1n) is 5.60. The molecule has 1 aromatic carbocycles. The Balaban J connectivity index is 2.10. The molecule has 0 radical (unpaired) electrons. The van der Waals surface area contributed by atoms with Crippen molar-refractivity contribution in [3.8, 4) is 0 Å². The molecule has 0 aliphatic heterocycles. The van der Waals surface area contributed by atoms with Gasteiger partial charge in [0, 0.05) is 5.56 Å². The predicted octanol–water partition coefficient (Wildman–Crippen LogP) is 1.05. The number of benzene rings is 1. The van der Waals surface area contributed by atoms with Gasteiger partial charge in [-0.1, -0.05) is 36.5 Å². The number of aromatic nitrogens is 2. The molecule has 3 N–H and O–H groups in total. The summed E-state index contributed by atoms with van der Waals surface area (Å²) in [5.41, 5.74) is 7.14. The lowest BCUT2D eigenvalue weighted by Crippen LogP contribution is -2.15. The van der Waals surface area contributed by atoms with Crippen LogP contribution in [0.1, 0.15) is 11.1 Å². The topological polar surface area (TPSA) is 98.0 Å². The number of thiocarbonyl (C=S) groups is 1. The van der Waals surface area contributed by atoms with Crippen molar-refractivity contribution in [2.45, 2.75) is 5.75 Å². The van der Waals surface area contributed by atoms with Gasteiger partial charge in [-0.3, -0.25) is 4.72 Å². The van der Waals surface area contributed by atoms with Crippen molar-refractivity contribution in [2.75, 3.05) is 4.72 Å². The zero-order valence-electron chi connectivity index (χ0n) is 10.4. The first-order valence-corrected chi connectivity index (χ1v) is 7.66. The van der Waals surface area contributed by atoms with E-state index in [2.05, 4.69) is 14.7 Å². The first-order chi connectivity index (χ1) is 9.46. The Morgan fingerprint density at radius 1 is 1.20 bits per heavy atom.